The van der Waals surface area contributed by atoms with Crippen molar-refractivity contribution >= 4 is 5.84 Å². The summed E-state index contributed by atoms with van der Waals surface area (Å²) in [5.41, 5.74) is 6.98. The molecule has 0 aliphatic heterocycles. The zero-order valence-electron chi connectivity index (χ0n) is 9.62. The molecule has 0 bridgehead atoms. The maximum atomic E-state index is 8.75. The molecule has 1 aromatic heterocycles. The van der Waals surface area contributed by atoms with Crippen LogP contribution >= 0.6 is 0 Å². The Hall–Kier alpha value is -2.37. The third kappa shape index (κ3) is 1.96. The van der Waals surface area contributed by atoms with Crippen LogP contribution in [0.3, 0.4) is 0 Å². The number of rotatable bonds is 2. The summed E-state index contributed by atoms with van der Waals surface area (Å²) >= 11 is 0. The number of hydrogen-bond donors (Lipinski definition) is 2. The maximum absolute atomic E-state index is 8.75. The molecular formula is C11H13N5O. The molecule has 0 saturated heterocycles. The van der Waals surface area contributed by atoms with E-state index in [0.29, 0.717) is 11.4 Å². The molecule has 2 rings (SSSR count). The number of aryl methyl sites for hydroxylation is 2. The van der Waals surface area contributed by atoms with E-state index in [1.165, 1.54) is 0 Å². The zero-order valence-corrected chi connectivity index (χ0v) is 9.62. The Morgan fingerprint density at radius 1 is 1.35 bits per heavy atom. The smallest absolute Gasteiger partial charge is 0.172 e. The highest BCUT2D eigenvalue weighted by atomic mass is 16.4. The first-order valence-electron chi connectivity index (χ1n) is 5.11. The van der Waals surface area contributed by atoms with Crippen LogP contribution < -0.4 is 5.73 Å². The van der Waals surface area contributed by atoms with Crippen molar-refractivity contribution in [1.29, 1.82) is 0 Å². The van der Waals surface area contributed by atoms with Crippen LogP contribution in [0.4, 0.5) is 0 Å². The van der Waals surface area contributed by atoms with Crippen LogP contribution in [-0.2, 0) is 0 Å². The molecule has 0 aliphatic rings. The number of nitrogens with two attached hydrogens (primary N) is 1. The summed E-state index contributed by atoms with van der Waals surface area (Å²) in [6.45, 7) is 3.67. The van der Waals surface area contributed by atoms with E-state index in [2.05, 4.69) is 15.2 Å². The standard InChI is InChI=1S/C11H13N5O/c1-7-13-8(2)16(14-7)10-6-4-3-5-9(10)11(12)15-17/h3-6,17H,1-2H3,(H2,12,15). The molecule has 0 radical (unpaired) electrons. The molecule has 0 spiro atoms. The van der Waals surface area contributed by atoms with Gasteiger partial charge in [0.25, 0.3) is 0 Å². The van der Waals surface area contributed by atoms with Gasteiger partial charge in [0.2, 0.25) is 0 Å². The van der Waals surface area contributed by atoms with Gasteiger partial charge < -0.3 is 10.9 Å². The molecule has 0 unspecified atom stereocenters. The Bertz CT molecular complexity index is 573. The highest BCUT2D eigenvalue weighted by Gasteiger charge is 2.11. The van der Waals surface area contributed by atoms with Gasteiger partial charge in [0.15, 0.2) is 5.84 Å². The van der Waals surface area contributed by atoms with E-state index >= 15 is 0 Å². The fourth-order valence-electron chi connectivity index (χ4n) is 1.68. The topological polar surface area (TPSA) is 89.3 Å². The monoisotopic (exact) mass is 231 g/mol. The summed E-state index contributed by atoms with van der Waals surface area (Å²) in [5.74, 6) is 1.48. The molecule has 3 N–H and O–H groups in total. The summed E-state index contributed by atoms with van der Waals surface area (Å²) in [6, 6.07) is 7.28. The summed E-state index contributed by atoms with van der Waals surface area (Å²) in [5, 5.41) is 16.0. The van der Waals surface area contributed by atoms with Crippen LogP contribution in [0, 0.1) is 13.8 Å². The van der Waals surface area contributed by atoms with Crippen molar-refractivity contribution in [3.8, 4) is 5.69 Å². The minimum atomic E-state index is 0.0492. The van der Waals surface area contributed by atoms with Gasteiger partial charge in [-0.05, 0) is 26.0 Å². The second-order valence-electron chi connectivity index (χ2n) is 3.62. The first-order valence-corrected chi connectivity index (χ1v) is 5.11. The number of amidine groups is 1. The number of aromatic nitrogens is 3. The fourth-order valence-corrected chi connectivity index (χ4v) is 1.68. The van der Waals surface area contributed by atoms with E-state index in [1.54, 1.807) is 10.7 Å². The van der Waals surface area contributed by atoms with E-state index in [4.69, 9.17) is 10.9 Å². The Morgan fingerprint density at radius 3 is 2.65 bits per heavy atom. The molecule has 0 aliphatic carbocycles. The second kappa shape index (κ2) is 4.25. The highest BCUT2D eigenvalue weighted by molar-refractivity contribution is 6.00. The summed E-state index contributed by atoms with van der Waals surface area (Å²) in [4.78, 5) is 4.22. The molecule has 1 heterocycles. The van der Waals surface area contributed by atoms with E-state index in [-0.39, 0.29) is 5.84 Å². The summed E-state index contributed by atoms with van der Waals surface area (Å²) in [7, 11) is 0. The molecule has 0 atom stereocenters. The quantitative estimate of drug-likeness (QED) is 0.349. The maximum Gasteiger partial charge on any atom is 0.172 e. The molecule has 6 nitrogen and oxygen atoms in total. The van der Waals surface area contributed by atoms with Crippen molar-refractivity contribution in [2.24, 2.45) is 10.9 Å². The minimum Gasteiger partial charge on any atom is -0.409 e. The van der Waals surface area contributed by atoms with Crippen molar-refractivity contribution in [2.75, 3.05) is 0 Å². The normalized spacial score (nSPS) is 11.8. The SMILES string of the molecule is Cc1nc(C)n(-c2ccccc2C(N)=NO)n1. The van der Waals surface area contributed by atoms with Crippen molar-refractivity contribution in [1.82, 2.24) is 14.8 Å². The third-order valence-electron chi connectivity index (χ3n) is 2.39. The Morgan fingerprint density at radius 2 is 2.06 bits per heavy atom. The predicted molar refractivity (Wildman–Crippen MR) is 63.3 cm³/mol. The average Bonchev–Trinajstić information content (AvgIpc) is 2.67. The first-order chi connectivity index (χ1) is 8.13. The molecule has 1 aromatic carbocycles. The highest BCUT2D eigenvalue weighted by Crippen LogP contribution is 2.15. The largest absolute Gasteiger partial charge is 0.409 e. The summed E-state index contributed by atoms with van der Waals surface area (Å²) in [6.07, 6.45) is 0. The van der Waals surface area contributed by atoms with E-state index in [0.717, 1.165) is 11.5 Å². The lowest BCUT2D eigenvalue weighted by Gasteiger charge is -2.08. The molecule has 17 heavy (non-hydrogen) atoms. The number of oxime groups is 1. The van der Waals surface area contributed by atoms with Gasteiger partial charge >= 0.3 is 0 Å². The minimum absolute atomic E-state index is 0.0492. The van der Waals surface area contributed by atoms with Crippen LogP contribution in [0.2, 0.25) is 0 Å². The number of benzene rings is 1. The van der Waals surface area contributed by atoms with Gasteiger partial charge in [0.1, 0.15) is 11.6 Å². The molecule has 88 valence electrons. The Labute approximate surface area is 98.4 Å². The lowest BCUT2D eigenvalue weighted by atomic mass is 10.1. The number of hydrogen-bond acceptors (Lipinski definition) is 4. The van der Waals surface area contributed by atoms with Crippen LogP contribution in [0.5, 0.6) is 0 Å². The Balaban J connectivity index is 2.64. The van der Waals surface area contributed by atoms with Gasteiger partial charge in [-0.3, -0.25) is 0 Å². The summed E-state index contributed by atoms with van der Waals surface area (Å²) < 4.78 is 1.67. The Kier molecular flexibility index (Phi) is 2.78. The molecule has 0 saturated carbocycles. The molecular weight excluding hydrogens is 218 g/mol. The van der Waals surface area contributed by atoms with Gasteiger partial charge in [0, 0.05) is 5.56 Å². The van der Waals surface area contributed by atoms with Gasteiger partial charge in [-0.1, -0.05) is 17.3 Å². The number of nitrogens with zero attached hydrogens (tertiary/aromatic N) is 4. The van der Waals surface area contributed by atoms with Crippen LogP contribution in [-0.4, -0.2) is 25.8 Å². The fraction of sp³-hybridized carbons (Fsp3) is 0.182. The van der Waals surface area contributed by atoms with Crippen molar-refractivity contribution < 1.29 is 5.21 Å². The predicted octanol–water partition coefficient (Wildman–Crippen LogP) is 0.979. The van der Waals surface area contributed by atoms with E-state index in [1.807, 2.05) is 32.0 Å². The van der Waals surface area contributed by atoms with Gasteiger partial charge in [-0.2, -0.15) is 5.10 Å². The van der Waals surface area contributed by atoms with E-state index in [9.17, 15) is 0 Å². The molecule has 6 heteroatoms. The zero-order chi connectivity index (χ0) is 12.4. The van der Waals surface area contributed by atoms with Gasteiger partial charge in [-0.25, -0.2) is 9.67 Å². The van der Waals surface area contributed by atoms with Gasteiger partial charge in [-0.15, -0.1) is 0 Å². The van der Waals surface area contributed by atoms with E-state index < -0.39 is 0 Å². The van der Waals surface area contributed by atoms with Crippen LogP contribution in [0.25, 0.3) is 5.69 Å². The van der Waals surface area contributed by atoms with Crippen molar-refractivity contribution in [3.05, 3.63) is 41.5 Å². The van der Waals surface area contributed by atoms with Gasteiger partial charge in [0.05, 0.1) is 5.69 Å². The molecule has 0 amide bonds. The third-order valence-corrected chi connectivity index (χ3v) is 2.39. The molecule has 0 fully saturated rings. The average molecular weight is 231 g/mol. The van der Waals surface area contributed by atoms with Crippen molar-refractivity contribution in [3.63, 3.8) is 0 Å². The van der Waals surface area contributed by atoms with Crippen LogP contribution in [0.1, 0.15) is 17.2 Å². The van der Waals surface area contributed by atoms with Crippen LogP contribution in [0.15, 0.2) is 29.4 Å². The molecule has 2 aromatic rings. The second-order valence-corrected chi connectivity index (χ2v) is 3.62. The number of para-hydroxylation sites is 1. The lowest BCUT2D eigenvalue weighted by Crippen LogP contribution is -2.17. The first kappa shape index (κ1) is 11.1. The lowest BCUT2D eigenvalue weighted by molar-refractivity contribution is 0.318. The van der Waals surface area contributed by atoms with Crippen molar-refractivity contribution in [2.45, 2.75) is 13.8 Å².